The number of carbonyl (C=O) groups is 2. The minimum atomic E-state index is -0.408. The summed E-state index contributed by atoms with van der Waals surface area (Å²) in [7, 11) is 3.01. The molecular formula is C23H20ClN3O4S. The Balaban J connectivity index is 1.63. The van der Waals surface area contributed by atoms with E-state index in [4.69, 9.17) is 33.3 Å². The van der Waals surface area contributed by atoms with Gasteiger partial charge in [0.05, 0.1) is 14.2 Å². The van der Waals surface area contributed by atoms with Crippen molar-refractivity contribution >= 4 is 52.1 Å². The normalized spacial score (nSPS) is 10.1. The molecule has 0 aliphatic heterocycles. The SMILES string of the molecule is COc1ccc(C(=O)NC(=S)Nc2cccc(NC(=O)c3cccc(Cl)c3)c2)cc1OC. The van der Waals surface area contributed by atoms with E-state index in [1.165, 1.54) is 14.2 Å². The van der Waals surface area contributed by atoms with Gasteiger partial charge in [0, 0.05) is 27.5 Å². The molecule has 32 heavy (non-hydrogen) atoms. The van der Waals surface area contributed by atoms with Crippen molar-refractivity contribution in [2.75, 3.05) is 24.9 Å². The van der Waals surface area contributed by atoms with E-state index < -0.39 is 5.91 Å². The van der Waals surface area contributed by atoms with Crippen molar-refractivity contribution in [3.05, 3.63) is 82.9 Å². The van der Waals surface area contributed by atoms with Crippen molar-refractivity contribution in [1.82, 2.24) is 5.32 Å². The average molecular weight is 470 g/mol. The lowest BCUT2D eigenvalue weighted by Gasteiger charge is -2.13. The number of hydrogen-bond donors (Lipinski definition) is 3. The van der Waals surface area contributed by atoms with Gasteiger partial charge >= 0.3 is 0 Å². The predicted molar refractivity (Wildman–Crippen MR) is 129 cm³/mol. The standard InChI is InChI=1S/C23H20ClN3O4S/c1-30-19-10-9-15(12-20(19)31-2)22(29)27-23(32)26-18-8-4-7-17(13-18)25-21(28)14-5-3-6-16(24)11-14/h3-13H,1-2H3,(H,25,28)(H2,26,27,29,32). The van der Waals surface area contributed by atoms with Crippen LogP contribution in [0.25, 0.3) is 0 Å². The highest BCUT2D eigenvalue weighted by atomic mass is 35.5. The number of hydrogen-bond acceptors (Lipinski definition) is 5. The first kappa shape index (κ1) is 23.1. The van der Waals surface area contributed by atoms with Crippen LogP contribution in [-0.4, -0.2) is 31.1 Å². The van der Waals surface area contributed by atoms with Crippen LogP contribution in [0.2, 0.25) is 5.02 Å². The van der Waals surface area contributed by atoms with Crippen LogP contribution in [0.5, 0.6) is 11.5 Å². The van der Waals surface area contributed by atoms with E-state index in [1.807, 2.05) is 0 Å². The summed E-state index contributed by atoms with van der Waals surface area (Å²) in [5, 5.41) is 8.91. The molecule has 0 unspecified atom stereocenters. The highest BCUT2D eigenvalue weighted by molar-refractivity contribution is 7.80. The zero-order valence-corrected chi connectivity index (χ0v) is 18.8. The van der Waals surface area contributed by atoms with E-state index in [2.05, 4.69) is 16.0 Å². The highest BCUT2D eigenvalue weighted by Crippen LogP contribution is 2.27. The van der Waals surface area contributed by atoms with E-state index in [0.717, 1.165) is 0 Å². The zero-order valence-electron chi connectivity index (χ0n) is 17.3. The Bertz CT molecular complexity index is 1170. The molecule has 3 aromatic rings. The second-order valence-electron chi connectivity index (χ2n) is 6.52. The number of carbonyl (C=O) groups excluding carboxylic acids is 2. The summed E-state index contributed by atoms with van der Waals surface area (Å²) in [5.74, 6) is 0.242. The van der Waals surface area contributed by atoms with Gasteiger partial charge in [0.1, 0.15) is 0 Å². The lowest BCUT2D eigenvalue weighted by atomic mass is 10.2. The fourth-order valence-corrected chi connectivity index (χ4v) is 3.22. The topological polar surface area (TPSA) is 88.7 Å². The first-order chi connectivity index (χ1) is 15.4. The van der Waals surface area contributed by atoms with Gasteiger partial charge in [0.2, 0.25) is 0 Å². The van der Waals surface area contributed by atoms with Gasteiger partial charge < -0.3 is 20.1 Å². The molecule has 0 atom stereocenters. The van der Waals surface area contributed by atoms with Crippen molar-refractivity contribution in [2.24, 2.45) is 0 Å². The summed E-state index contributed by atoms with van der Waals surface area (Å²) < 4.78 is 10.4. The monoisotopic (exact) mass is 469 g/mol. The van der Waals surface area contributed by atoms with E-state index in [0.29, 0.717) is 39.0 Å². The van der Waals surface area contributed by atoms with Crippen molar-refractivity contribution in [3.8, 4) is 11.5 Å². The van der Waals surface area contributed by atoms with Gasteiger partial charge in [0.25, 0.3) is 11.8 Å². The summed E-state index contributed by atoms with van der Waals surface area (Å²) in [5.41, 5.74) is 1.93. The molecule has 0 aliphatic carbocycles. The fourth-order valence-electron chi connectivity index (χ4n) is 2.82. The Morgan fingerprint density at radius 1 is 0.781 bits per heavy atom. The average Bonchev–Trinajstić information content (AvgIpc) is 2.78. The molecule has 0 heterocycles. The summed E-state index contributed by atoms with van der Waals surface area (Å²) in [6, 6.07) is 18.4. The van der Waals surface area contributed by atoms with E-state index in [-0.39, 0.29) is 11.0 Å². The van der Waals surface area contributed by atoms with Crippen LogP contribution < -0.4 is 25.4 Å². The van der Waals surface area contributed by atoms with Crippen LogP contribution in [0.15, 0.2) is 66.7 Å². The third kappa shape index (κ3) is 5.96. The predicted octanol–water partition coefficient (Wildman–Crippen LogP) is 4.74. The first-order valence-electron chi connectivity index (χ1n) is 9.41. The Labute approximate surface area is 195 Å². The molecule has 2 amide bonds. The van der Waals surface area contributed by atoms with Gasteiger partial charge in [-0.25, -0.2) is 0 Å². The molecule has 9 heteroatoms. The van der Waals surface area contributed by atoms with Crippen LogP contribution in [-0.2, 0) is 0 Å². The Morgan fingerprint density at radius 2 is 1.44 bits per heavy atom. The van der Waals surface area contributed by atoms with Crippen molar-refractivity contribution in [2.45, 2.75) is 0 Å². The largest absolute Gasteiger partial charge is 0.493 e. The Morgan fingerprint density at radius 3 is 2.12 bits per heavy atom. The van der Waals surface area contributed by atoms with Crippen LogP contribution in [0.3, 0.4) is 0 Å². The number of rotatable bonds is 6. The summed E-state index contributed by atoms with van der Waals surface area (Å²) in [6.07, 6.45) is 0. The molecule has 7 nitrogen and oxygen atoms in total. The van der Waals surface area contributed by atoms with E-state index in [9.17, 15) is 9.59 Å². The maximum atomic E-state index is 12.5. The van der Waals surface area contributed by atoms with E-state index >= 15 is 0 Å². The maximum Gasteiger partial charge on any atom is 0.257 e. The number of thiocarbonyl (C=S) groups is 1. The van der Waals surface area contributed by atoms with Crippen molar-refractivity contribution in [1.29, 1.82) is 0 Å². The van der Waals surface area contributed by atoms with Gasteiger partial charge in [-0.3, -0.25) is 14.9 Å². The smallest absolute Gasteiger partial charge is 0.257 e. The molecule has 3 rings (SSSR count). The van der Waals surface area contributed by atoms with Gasteiger partial charge in [0.15, 0.2) is 16.6 Å². The van der Waals surface area contributed by atoms with Crippen LogP contribution in [0.1, 0.15) is 20.7 Å². The highest BCUT2D eigenvalue weighted by Gasteiger charge is 2.13. The van der Waals surface area contributed by atoms with Crippen LogP contribution in [0.4, 0.5) is 11.4 Å². The molecule has 0 radical (unpaired) electrons. The summed E-state index contributed by atoms with van der Waals surface area (Å²) in [6.45, 7) is 0. The minimum Gasteiger partial charge on any atom is -0.493 e. The quantitative estimate of drug-likeness (QED) is 0.452. The Hall–Kier alpha value is -3.62. The molecule has 0 saturated carbocycles. The lowest BCUT2D eigenvalue weighted by molar-refractivity contribution is 0.0976. The minimum absolute atomic E-state index is 0.100. The van der Waals surface area contributed by atoms with Crippen molar-refractivity contribution in [3.63, 3.8) is 0 Å². The van der Waals surface area contributed by atoms with Crippen LogP contribution in [0, 0.1) is 0 Å². The second-order valence-corrected chi connectivity index (χ2v) is 7.37. The molecule has 3 N–H and O–H groups in total. The third-order valence-corrected chi connectivity index (χ3v) is 4.78. The number of halogens is 1. The summed E-state index contributed by atoms with van der Waals surface area (Å²) in [4.78, 5) is 24.9. The first-order valence-corrected chi connectivity index (χ1v) is 10.2. The second kappa shape index (κ2) is 10.6. The number of methoxy groups -OCH3 is 2. The third-order valence-electron chi connectivity index (χ3n) is 4.34. The van der Waals surface area contributed by atoms with Gasteiger partial charge in [-0.05, 0) is 66.8 Å². The molecule has 0 aromatic heterocycles. The number of amides is 2. The molecule has 3 aromatic carbocycles. The zero-order chi connectivity index (χ0) is 23.1. The molecule has 0 aliphatic rings. The molecule has 0 saturated heterocycles. The van der Waals surface area contributed by atoms with Gasteiger partial charge in [-0.15, -0.1) is 0 Å². The molecule has 0 spiro atoms. The van der Waals surface area contributed by atoms with Gasteiger partial charge in [-0.1, -0.05) is 23.7 Å². The fraction of sp³-hybridized carbons (Fsp3) is 0.0870. The number of anilines is 2. The number of benzene rings is 3. The number of nitrogens with one attached hydrogen (secondary N) is 3. The Kier molecular flexibility index (Phi) is 7.64. The van der Waals surface area contributed by atoms with E-state index in [1.54, 1.807) is 66.7 Å². The molecule has 164 valence electrons. The van der Waals surface area contributed by atoms with Crippen LogP contribution >= 0.6 is 23.8 Å². The molecule has 0 bridgehead atoms. The molecule has 0 fully saturated rings. The van der Waals surface area contributed by atoms with Gasteiger partial charge in [-0.2, -0.15) is 0 Å². The molecular weight excluding hydrogens is 450 g/mol. The number of ether oxygens (including phenoxy) is 2. The maximum absolute atomic E-state index is 12.5. The summed E-state index contributed by atoms with van der Waals surface area (Å²) >= 11 is 11.2. The lowest BCUT2D eigenvalue weighted by Crippen LogP contribution is -2.34. The van der Waals surface area contributed by atoms with Crippen molar-refractivity contribution < 1.29 is 19.1 Å².